The highest BCUT2D eigenvalue weighted by atomic mass is 16.5. The smallest absolute Gasteiger partial charge is 0.118 e. The topological polar surface area (TPSA) is 47.7 Å². The summed E-state index contributed by atoms with van der Waals surface area (Å²) in [5, 5.41) is 0. The van der Waals surface area contributed by atoms with Crippen molar-refractivity contribution >= 4 is 0 Å². The van der Waals surface area contributed by atoms with Gasteiger partial charge in [0.25, 0.3) is 0 Å². The van der Waals surface area contributed by atoms with Crippen LogP contribution in [0.2, 0.25) is 0 Å². The third-order valence-electron chi connectivity index (χ3n) is 5.61. The first kappa shape index (κ1) is 17.7. The number of likely N-dealkylation sites (tertiary alicyclic amines) is 1. The van der Waals surface area contributed by atoms with Gasteiger partial charge in [-0.2, -0.15) is 0 Å². The molecule has 2 atom stereocenters. The molecule has 2 aliphatic rings. The summed E-state index contributed by atoms with van der Waals surface area (Å²) >= 11 is 0. The standard InChI is InChI=1S/C21H28N2O3/c1-17-6-7-19(26-17)13-23-11-8-20-21(15-23,9-4-12-25-20)16-24-14-18-5-2-3-10-22-18/h2-3,5-7,10,20H,4,8-9,11-16H2,1H3/t20-,21+/m1/s1. The Morgan fingerprint density at radius 2 is 2.27 bits per heavy atom. The highest BCUT2D eigenvalue weighted by Gasteiger charge is 2.46. The molecule has 0 N–H and O–H groups in total. The maximum atomic E-state index is 6.14. The van der Waals surface area contributed by atoms with Crippen LogP contribution in [0.15, 0.2) is 40.9 Å². The van der Waals surface area contributed by atoms with Crippen LogP contribution in [0, 0.1) is 12.3 Å². The van der Waals surface area contributed by atoms with Gasteiger partial charge >= 0.3 is 0 Å². The maximum absolute atomic E-state index is 6.14. The number of aryl methyl sites for hydroxylation is 1. The molecule has 2 fully saturated rings. The molecule has 26 heavy (non-hydrogen) atoms. The monoisotopic (exact) mass is 356 g/mol. The number of piperidine rings is 1. The third-order valence-corrected chi connectivity index (χ3v) is 5.61. The lowest BCUT2D eigenvalue weighted by molar-refractivity contribution is -0.156. The second-order valence-corrected chi connectivity index (χ2v) is 7.65. The molecule has 0 saturated carbocycles. The molecule has 0 bridgehead atoms. The Balaban J connectivity index is 1.40. The maximum Gasteiger partial charge on any atom is 0.118 e. The molecule has 5 heteroatoms. The van der Waals surface area contributed by atoms with Crippen molar-refractivity contribution < 1.29 is 13.9 Å². The minimum atomic E-state index is 0.0763. The summed E-state index contributed by atoms with van der Waals surface area (Å²) in [7, 11) is 0. The molecule has 5 nitrogen and oxygen atoms in total. The molecular weight excluding hydrogens is 328 g/mol. The second kappa shape index (κ2) is 7.91. The zero-order valence-electron chi connectivity index (χ0n) is 15.5. The van der Waals surface area contributed by atoms with Gasteiger partial charge in [0.1, 0.15) is 11.5 Å². The van der Waals surface area contributed by atoms with Crippen LogP contribution in [0.4, 0.5) is 0 Å². The lowest BCUT2D eigenvalue weighted by Crippen LogP contribution is -2.56. The van der Waals surface area contributed by atoms with Crippen LogP contribution >= 0.6 is 0 Å². The summed E-state index contributed by atoms with van der Waals surface area (Å²) in [6.45, 7) is 7.07. The molecule has 140 valence electrons. The minimum Gasteiger partial charge on any atom is -0.465 e. The Labute approximate surface area is 155 Å². The third kappa shape index (κ3) is 4.00. The summed E-state index contributed by atoms with van der Waals surface area (Å²) in [4.78, 5) is 6.85. The number of hydrogen-bond acceptors (Lipinski definition) is 5. The van der Waals surface area contributed by atoms with Crippen molar-refractivity contribution in [3.63, 3.8) is 0 Å². The van der Waals surface area contributed by atoms with Gasteiger partial charge in [0, 0.05) is 31.3 Å². The summed E-state index contributed by atoms with van der Waals surface area (Å²) in [5.41, 5.74) is 1.06. The van der Waals surface area contributed by atoms with Crippen LogP contribution < -0.4 is 0 Å². The Bertz CT molecular complexity index is 702. The Hall–Kier alpha value is -1.69. The van der Waals surface area contributed by atoms with Crippen molar-refractivity contribution in [2.45, 2.75) is 45.4 Å². The number of hydrogen-bond donors (Lipinski definition) is 0. The van der Waals surface area contributed by atoms with Crippen LogP contribution in [0.25, 0.3) is 0 Å². The van der Waals surface area contributed by atoms with E-state index in [1.165, 1.54) is 0 Å². The molecule has 0 radical (unpaired) electrons. The normalized spacial score (nSPS) is 26.6. The lowest BCUT2D eigenvalue weighted by Gasteiger charge is -2.50. The van der Waals surface area contributed by atoms with Gasteiger partial charge < -0.3 is 13.9 Å². The van der Waals surface area contributed by atoms with E-state index in [1.807, 2.05) is 37.4 Å². The summed E-state index contributed by atoms with van der Waals surface area (Å²) in [6, 6.07) is 10.1. The fraction of sp³-hybridized carbons (Fsp3) is 0.571. The number of rotatable bonds is 6. The van der Waals surface area contributed by atoms with Gasteiger partial charge in [-0.05, 0) is 50.5 Å². The molecule has 0 aliphatic carbocycles. The SMILES string of the molecule is Cc1ccc(CN2CC[C@H]3OCCC[C@@]3(COCc3ccccn3)C2)o1. The summed E-state index contributed by atoms with van der Waals surface area (Å²) < 4.78 is 18.1. The van der Waals surface area contributed by atoms with E-state index in [0.29, 0.717) is 12.7 Å². The Morgan fingerprint density at radius 1 is 1.31 bits per heavy atom. The van der Waals surface area contributed by atoms with Gasteiger partial charge in [-0.1, -0.05) is 6.07 Å². The van der Waals surface area contributed by atoms with E-state index in [-0.39, 0.29) is 5.41 Å². The van der Waals surface area contributed by atoms with E-state index in [2.05, 4.69) is 16.0 Å². The van der Waals surface area contributed by atoms with Crippen molar-refractivity contribution in [3.05, 3.63) is 53.7 Å². The molecular formula is C21H28N2O3. The highest BCUT2D eigenvalue weighted by molar-refractivity contribution is 5.07. The average Bonchev–Trinajstić information content (AvgIpc) is 3.07. The predicted molar refractivity (Wildman–Crippen MR) is 98.6 cm³/mol. The fourth-order valence-corrected chi connectivity index (χ4v) is 4.36. The van der Waals surface area contributed by atoms with Gasteiger partial charge in [0.2, 0.25) is 0 Å². The van der Waals surface area contributed by atoms with Crippen LogP contribution in [0.5, 0.6) is 0 Å². The highest BCUT2D eigenvalue weighted by Crippen LogP contribution is 2.41. The number of aromatic nitrogens is 1. The Morgan fingerprint density at radius 3 is 3.08 bits per heavy atom. The van der Waals surface area contributed by atoms with Crippen molar-refractivity contribution in [2.75, 3.05) is 26.3 Å². The molecule has 0 amide bonds. The zero-order valence-corrected chi connectivity index (χ0v) is 15.5. The minimum absolute atomic E-state index is 0.0763. The van der Waals surface area contributed by atoms with Gasteiger partial charge in [-0.25, -0.2) is 0 Å². The van der Waals surface area contributed by atoms with E-state index in [9.17, 15) is 0 Å². The molecule has 2 saturated heterocycles. The van der Waals surface area contributed by atoms with E-state index in [0.717, 1.165) is 69.3 Å². The summed E-state index contributed by atoms with van der Waals surface area (Å²) in [6.07, 6.45) is 5.45. The number of furan rings is 1. The van der Waals surface area contributed by atoms with Gasteiger partial charge in [-0.15, -0.1) is 0 Å². The Kier molecular flexibility index (Phi) is 5.38. The number of ether oxygens (including phenoxy) is 2. The van der Waals surface area contributed by atoms with Crippen molar-refractivity contribution in [1.29, 1.82) is 0 Å². The molecule has 4 rings (SSSR count). The van der Waals surface area contributed by atoms with E-state index in [1.54, 1.807) is 0 Å². The largest absolute Gasteiger partial charge is 0.465 e. The quantitative estimate of drug-likeness (QED) is 0.792. The van der Waals surface area contributed by atoms with Crippen molar-refractivity contribution in [2.24, 2.45) is 5.41 Å². The summed E-state index contributed by atoms with van der Waals surface area (Å²) in [5.74, 6) is 2.02. The average molecular weight is 356 g/mol. The first-order valence-corrected chi connectivity index (χ1v) is 9.60. The van der Waals surface area contributed by atoms with Crippen LogP contribution in [0.3, 0.4) is 0 Å². The van der Waals surface area contributed by atoms with Crippen LogP contribution in [0.1, 0.15) is 36.5 Å². The number of pyridine rings is 1. The van der Waals surface area contributed by atoms with E-state index >= 15 is 0 Å². The number of nitrogens with zero attached hydrogens (tertiary/aromatic N) is 2. The number of fused-ring (bicyclic) bond motifs is 1. The van der Waals surface area contributed by atoms with Gasteiger partial charge in [-0.3, -0.25) is 9.88 Å². The molecule has 0 aromatic carbocycles. The van der Waals surface area contributed by atoms with E-state index < -0.39 is 0 Å². The van der Waals surface area contributed by atoms with Crippen molar-refractivity contribution in [1.82, 2.24) is 9.88 Å². The van der Waals surface area contributed by atoms with Crippen molar-refractivity contribution in [3.8, 4) is 0 Å². The predicted octanol–water partition coefficient (Wildman–Crippen LogP) is 3.57. The van der Waals surface area contributed by atoms with Gasteiger partial charge in [0.05, 0.1) is 31.6 Å². The fourth-order valence-electron chi connectivity index (χ4n) is 4.36. The molecule has 2 aliphatic heterocycles. The molecule has 2 aromatic rings. The molecule has 2 aromatic heterocycles. The molecule has 0 spiro atoms. The van der Waals surface area contributed by atoms with Crippen LogP contribution in [-0.2, 0) is 22.6 Å². The van der Waals surface area contributed by atoms with Gasteiger partial charge in [0.15, 0.2) is 0 Å². The van der Waals surface area contributed by atoms with E-state index in [4.69, 9.17) is 13.9 Å². The zero-order chi connectivity index (χ0) is 17.8. The first-order valence-electron chi connectivity index (χ1n) is 9.60. The molecule has 0 unspecified atom stereocenters. The van der Waals surface area contributed by atoms with Crippen LogP contribution in [-0.4, -0.2) is 42.3 Å². The first-order chi connectivity index (χ1) is 12.7. The lowest BCUT2D eigenvalue weighted by atomic mass is 9.73. The second-order valence-electron chi connectivity index (χ2n) is 7.65. The molecule has 4 heterocycles.